The van der Waals surface area contributed by atoms with Gasteiger partial charge in [-0.3, -0.25) is 9.78 Å². The predicted octanol–water partition coefficient (Wildman–Crippen LogP) is 5.64. The highest BCUT2D eigenvalue weighted by atomic mass is 79.9. The number of nitrogens with one attached hydrogen (secondary N) is 1. The van der Waals surface area contributed by atoms with Crippen LogP contribution in [0.15, 0.2) is 69.1 Å². The molecule has 0 saturated heterocycles. The number of benzene rings is 1. The molecule has 4 aromatic rings. The molecule has 3 aromatic heterocycles. The summed E-state index contributed by atoms with van der Waals surface area (Å²) in [7, 11) is 0. The summed E-state index contributed by atoms with van der Waals surface area (Å²) < 4.78 is 5.23. The molecule has 1 amide bonds. The first-order chi connectivity index (χ1) is 13.6. The van der Waals surface area contributed by atoms with Gasteiger partial charge in [-0.25, -0.2) is 0 Å². The summed E-state index contributed by atoms with van der Waals surface area (Å²) in [5.41, 5.74) is 3.84. The van der Waals surface area contributed by atoms with Crippen LogP contribution in [0.3, 0.4) is 0 Å². The average molecular weight is 519 g/mol. The van der Waals surface area contributed by atoms with Gasteiger partial charge in [0.15, 0.2) is 0 Å². The zero-order chi connectivity index (χ0) is 19.5. The summed E-state index contributed by atoms with van der Waals surface area (Å²) >= 11 is 8.74. The number of aromatic nitrogens is 2. The van der Waals surface area contributed by atoms with E-state index in [9.17, 15) is 4.79 Å². The van der Waals surface area contributed by atoms with Crippen molar-refractivity contribution < 1.29 is 4.79 Å². The van der Waals surface area contributed by atoms with Crippen molar-refractivity contribution in [1.82, 2.24) is 14.9 Å². The summed E-state index contributed by atoms with van der Waals surface area (Å²) in [5, 5.41) is 5.10. The van der Waals surface area contributed by atoms with E-state index in [-0.39, 0.29) is 5.91 Å². The van der Waals surface area contributed by atoms with Gasteiger partial charge in [-0.05, 0) is 51.8 Å². The third-order valence-corrected chi connectivity index (χ3v) is 6.81. The number of nitrogens with zero attached hydrogens (tertiary/aromatic N) is 2. The van der Waals surface area contributed by atoms with Gasteiger partial charge in [-0.2, -0.15) is 0 Å². The van der Waals surface area contributed by atoms with Crippen LogP contribution < -0.4 is 5.32 Å². The number of hydrogen-bond acceptors (Lipinski definition) is 3. The number of hydrogen-bond donors (Lipinski definition) is 1. The van der Waals surface area contributed by atoms with Crippen molar-refractivity contribution in [3.63, 3.8) is 0 Å². The van der Waals surface area contributed by atoms with Crippen LogP contribution in [0.25, 0.3) is 10.2 Å². The van der Waals surface area contributed by atoms with E-state index in [1.807, 2.05) is 36.4 Å². The molecule has 142 valence electrons. The smallest absolute Gasteiger partial charge is 0.267 e. The minimum atomic E-state index is -0.0663. The van der Waals surface area contributed by atoms with Gasteiger partial charge in [0.1, 0.15) is 5.69 Å². The molecule has 7 heteroatoms. The summed E-state index contributed by atoms with van der Waals surface area (Å²) in [6.45, 7) is 1.18. The molecule has 0 spiro atoms. The maximum absolute atomic E-state index is 12.9. The highest BCUT2D eigenvalue weighted by Gasteiger charge is 2.18. The molecule has 0 aliphatic heterocycles. The van der Waals surface area contributed by atoms with Gasteiger partial charge in [0.25, 0.3) is 5.91 Å². The van der Waals surface area contributed by atoms with Crippen molar-refractivity contribution in [1.29, 1.82) is 0 Å². The van der Waals surface area contributed by atoms with E-state index >= 15 is 0 Å². The van der Waals surface area contributed by atoms with Gasteiger partial charge < -0.3 is 9.88 Å². The molecule has 0 fully saturated rings. The minimum absolute atomic E-state index is 0.0663. The highest BCUT2D eigenvalue weighted by Crippen LogP contribution is 2.34. The molecular weight excluding hydrogens is 502 g/mol. The lowest BCUT2D eigenvalue weighted by molar-refractivity contribution is 0.0945. The summed E-state index contributed by atoms with van der Waals surface area (Å²) in [6, 6.07) is 16.0. The second kappa shape index (κ2) is 8.59. The molecule has 1 N–H and O–H groups in total. The Morgan fingerprint density at radius 2 is 1.96 bits per heavy atom. The lowest BCUT2D eigenvalue weighted by atomic mass is 10.2. The summed E-state index contributed by atoms with van der Waals surface area (Å²) in [5.74, 6) is -0.0663. The first-order valence-corrected chi connectivity index (χ1v) is 11.3. The normalized spacial score (nSPS) is 11.1. The van der Waals surface area contributed by atoms with E-state index < -0.39 is 0 Å². The lowest BCUT2D eigenvalue weighted by Crippen LogP contribution is -2.28. The monoisotopic (exact) mass is 517 g/mol. The molecule has 4 rings (SSSR count). The molecule has 0 atom stereocenters. The van der Waals surface area contributed by atoms with Crippen molar-refractivity contribution in [2.24, 2.45) is 0 Å². The maximum Gasteiger partial charge on any atom is 0.267 e. The van der Waals surface area contributed by atoms with Crippen molar-refractivity contribution in [3.8, 4) is 0 Å². The molecule has 0 unspecified atom stereocenters. The largest absolute Gasteiger partial charge is 0.350 e. The second-order valence-electron chi connectivity index (χ2n) is 6.37. The van der Waals surface area contributed by atoms with Crippen LogP contribution in [0, 0.1) is 0 Å². The van der Waals surface area contributed by atoms with Crippen LogP contribution in [0.4, 0.5) is 0 Å². The Balaban J connectivity index is 1.57. The molecule has 0 radical (unpaired) electrons. The quantitative estimate of drug-likeness (QED) is 0.359. The van der Waals surface area contributed by atoms with Crippen LogP contribution in [-0.2, 0) is 13.0 Å². The number of fused-ring (bicyclic) bond motifs is 1. The summed E-state index contributed by atoms with van der Waals surface area (Å²) in [4.78, 5) is 17.2. The Hall–Kier alpha value is -1.96. The zero-order valence-corrected chi connectivity index (χ0v) is 18.9. The second-order valence-corrected chi connectivity index (χ2v) is 9.05. The van der Waals surface area contributed by atoms with Crippen LogP contribution in [-0.4, -0.2) is 22.0 Å². The number of carbonyl (C=O) groups is 1. The summed E-state index contributed by atoms with van der Waals surface area (Å²) in [6.07, 6.45) is 2.48. The van der Waals surface area contributed by atoms with Crippen molar-refractivity contribution in [2.45, 2.75) is 13.0 Å². The lowest BCUT2D eigenvalue weighted by Gasteiger charge is -2.12. The van der Waals surface area contributed by atoms with E-state index in [4.69, 9.17) is 0 Å². The van der Waals surface area contributed by atoms with E-state index in [1.165, 1.54) is 0 Å². The number of thiophene rings is 1. The first kappa shape index (κ1) is 19.4. The average Bonchev–Trinajstić information content (AvgIpc) is 3.25. The fraction of sp³-hybridized carbons (Fsp3) is 0.143. The standard InChI is InChI=1S/C21H17Br2N3OS/c22-15-6-4-14(5-7-15)12-26-18(11-19-20(26)17(23)13-28-19)21(27)25-10-8-16-3-1-2-9-24-16/h1-7,9,11,13H,8,10,12H2,(H,25,27). The minimum Gasteiger partial charge on any atom is -0.350 e. The van der Waals surface area contributed by atoms with Crippen LogP contribution in [0.2, 0.25) is 0 Å². The SMILES string of the molecule is O=C(NCCc1ccccn1)c1cc2scc(Br)c2n1Cc1ccc(Br)cc1. The van der Waals surface area contributed by atoms with E-state index in [1.54, 1.807) is 17.5 Å². The zero-order valence-electron chi connectivity index (χ0n) is 14.9. The van der Waals surface area contributed by atoms with Crippen LogP contribution in [0.1, 0.15) is 21.7 Å². The Morgan fingerprint density at radius 1 is 1.14 bits per heavy atom. The molecule has 0 saturated carbocycles. The number of pyridine rings is 1. The third-order valence-electron chi connectivity index (χ3n) is 4.46. The predicted molar refractivity (Wildman–Crippen MR) is 121 cm³/mol. The van der Waals surface area contributed by atoms with Gasteiger partial charge in [0.05, 0.1) is 14.7 Å². The third kappa shape index (κ3) is 4.21. The fourth-order valence-corrected chi connectivity index (χ4v) is 5.05. The van der Waals surface area contributed by atoms with Gasteiger partial charge in [-0.1, -0.05) is 34.1 Å². The Morgan fingerprint density at radius 3 is 2.71 bits per heavy atom. The van der Waals surface area contributed by atoms with E-state index in [0.29, 0.717) is 25.2 Å². The number of amides is 1. The molecule has 0 aliphatic carbocycles. The first-order valence-electron chi connectivity index (χ1n) is 8.80. The molecular formula is C21H17Br2N3OS. The van der Waals surface area contributed by atoms with Crippen molar-refractivity contribution in [2.75, 3.05) is 6.54 Å². The van der Waals surface area contributed by atoms with E-state index in [2.05, 4.69) is 64.2 Å². The topological polar surface area (TPSA) is 46.9 Å². The molecule has 0 aliphatic rings. The fourth-order valence-electron chi connectivity index (χ4n) is 3.10. The van der Waals surface area contributed by atoms with Crippen molar-refractivity contribution in [3.05, 3.63) is 86.0 Å². The van der Waals surface area contributed by atoms with Gasteiger partial charge >= 0.3 is 0 Å². The van der Waals surface area contributed by atoms with E-state index in [0.717, 1.165) is 30.4 Å². The molecule has 1 aromatic carbocycles. The number of rotatable bonds is 6. The van der Waals surface area contributed by atoms with Crippen LogP contribution in [0.5, 0.6) is 0 Å². The Bertz CT molecular complexity index is 1100. The van der Waals surface area contributed by atoms with Crippen molar-refractivity contribution >= 4 is 59.3 Å². The van der Waals surface area contributed by atoms with Gasteiger partial charge in [-0.15, -0.1) is 11.3 Å². The Labute approximate surface area is 183 Å². The van der Waals surface area contributed by atoms with Gasteiger partial charge in [0.2, 0.25) is 0 Å². The molecule has 3 heterocycles. The molecule has 0 bridgehead atoms. The highest BCUT2D eigenvalue weighted by molar-refractivity contribution is 9.11. The molecule has 4 nitrogen and oxygen atoms in total. The van der Waals surface area contributed by atoms with Crippen LogP contribution >= 0.6 is 43.2 Å². The Kier molecular flexibility index (Phi) is 5.94. The number of carbonyl (C=O) groups excluding carboxylic acids is 1. The van der Waals surface area contributed by atoms with Gasteiger partial charge in [0, 0.05) is 41.3 Å². The number of halogens is 2. The maximum atomic E-state index is 12.9. The molecule has 28 heavy (non-hydrogen) atoms.